The number of rotatable bonds is 4. The first-order chi connectivity index (χ1) is 19.8. The van der Waals surface area contributed by atoms with Crippen LogP contribution in [0, 0.1) is 25.7 Å². The number of benzene rings is 2. The Morgan fingerprint density at radius 3 is 2.51 bits per heavy atom. The van der Waals surface area contributed by atoms with Gasteiger partial charge in [-0.1, -0.05) is 36.1 Å². The molecule has 0 spiro atoms. The Hall–Kier alpha value is -5.63. The van der Waals surface area contributed by atoms with Gasteiger partial charge in [0.1, 0.15) is 17.7 Å². The van der Waals surface area contributed by atoms with Crippen LogP contribution >= 0.6 is 0 Å². The molecule has 0 aliphatic rings. The average molecular weight is 544 g/mol. The largest absolute Gasteiger partial charge is 0.342 e. The van der Waals surface area contributed by atoms with E-state index in [1.54, 1.807) is 36.9 Å². The highest BCUT2D eigenvalue weighted by Crippen LogP contribution is 2.22. The lowest BCUT2D eigenvalue weighted by atomic mass is 10.1. The van der Waals surface area contributed by atoms with Crippen LogP contribution in [0.4, 0.5) is 0 Å². The highest BCUT2D eigenvalue weighted by molar-refractivity contribution is 6.01. The fourth-order valence-electron chi connectivity index (χ4n) is 4.76. The smallest absolute Gasteiger partial charge is 0.267 e. The van der Waals surface area contributed by atoms with E-state index in [9.17, 15) is 9.59 Å². The van der Waals surface area contributed by atoms with Gasteiger partial charge in [-0.2, -0.15) is 10.2 Å². The van der Waals surface area contributed by atoms with E-state index in [0.29, 0.717) is 44.8 Å². The minimum atomic E-state index is -0.647. The maximum atomic E-state index is 14.2. The van der Waals surface area contributed by atoms with Crippen LogP contribution in [-0.2, 0) is 7.05 Å². The maximum absolute atomic E-state index is 14.2. The molecule has 202 valence electrons. The highest BCUT2D eigenvalue weighted by Gasteiger charge is 2.24. The molecule has 41 heavy (non-hydrogen) atoms. The summed E-state index contributed by atoms with van der Waals surface area (Å²) in [4.78, 5) is 36.6. The number of nitrogens with one attached hydrogen (secondary N) is 1. The predicted octanol–water partition coefficient (Wildman–Crippen LogP) is 3.06. The second kappa shape index (κ2) is 10.2. The zero-order valence-electron chi connectivity index (χ0n) is 22.8. The van der Waals surface area contributed by atoms with Gasteiger partial charge in [0.15, 0.2) is 0 Å². The first-order valence-corrected chi connectivity index (χ1v) is 12.9. The molecule has 0 saturated heterocycles. The number of hydrogen-bond acceptors (Lipinski definition) is 7. The van der Waals surface area contributed by atoms with Gasteiger partial charge in [-0.15, -0.1) is 9.73 Å². The highest BCUT2D eigenvalue weighted by atomic mass is 16.2. The zero-order chi connectivity index (χ0) is 28.7. The van der Waals surface area contributed by atoms with Crippen molar-refractivity contribution in [2.75, 3.05) is 0 Å². The van der Waals surface area contributed by atoms with E-state index in [4.69, 9.17) is 4.98 Å². The van der Waals surface area contributed by atoms with Crippen LogP contribution < -0.4 is 10.9 Å². The number of aryl methyl sites for hydroxylation is 2. The third kappa shape index (κ3) is 4.51. The molecule has 0 bridgehead atoms. The molecular formula is C30H25N9O2. The van der Waals surface area contributed by atoms with Crippen molar-refractivity contribution < 1.29 is 4.79 Å². The minimum Gasteiger partial charge on any atom is -0.342 e. The van der Waals surface area contributed by atoms with E-state index in [1.807, 2.05) is 50.4 Å². The van der Waals surface area contributed by atoms with E-state index >= 15 is 0 Å². The lowest BCUT2D eigenvalue weighted by Gasteiger charge is -2.20. The molecule has 6 aromatic rings. The molecule has 0 saturated carbocycles. The van der Waals surface area contributed by atoms with Crippen molar-refractivity contribution in [1.29, 1.82) is 0 Å². The number of carbonyl (C=O) groups is 1. The summed E-state index contributed by atoms with van der Waals surface area (Å²) in [6.45, 7) is 5.46. The van der Waals surface area contributed by atoms with Crippen LogP contribution in [0.1, 0.15) is 51.7 Å². The first-order valence-electron chi connectivity index (χ1n) is 12.9. The molecule has 1 atom stereocenters. The predicted molar refractivity (Wildman–Crippen MR) is 153 cm³/mol. The second-order valence-corrected chi connectivity index (χ2v) is 9.60. The van der Waals surface area contributed by atoms with Crippen molar-refractivity contribution in [2.24, 2.45) is 7.05 Å². The molecular weight excluding hydrogens is 518 g/mol. The number of carbonyl (C=O) groups excluding carboxylic acids is 1. The van der Waals surface area contributed by atoms with Gasteiger partial charge >= 0.3 is 0 Å². The van der Waals surface area contributed by atoms with Gasteiger partial charge in [-0.25, -0.2) is 9.97 Å². The molecule has 0 fully saturated rings. The van der Waals surface area contributed by atoms with Gasteiger partial charge in [0.2, 0.25) is 0 Å². The summed E-state index contributed by atoms with van der Waals surface area (Å²) in [6, 6.07) is 14.0. The van der Waals surface area contributed by atoms with Gasteiger partial charge in [0.05, 0.1) is 57.5 Å². The van der Waals surface area contributed by atoms with Gasteiger partial charge in [-0.3, -0.25) is 18.8 Å². The number of amides is 1. The van der Waals surface area contributed by atoms with E-state index in [1.165, 1.54) is 21.7 Å². The van der Waals surface area contributed by atoms with E-state index < -0.39 is 6.04 Å². The van der Waals surface area contributed by atoms with Crippen LogP contribution in [0.15, 0.2) is 72.0 Å². The molecule has 6 rings (SSSR count). The quantitative estimate of drug-likeness (QED) is 0.339. The Balaban J connectivity index is 1.48. The Bertz CT molecular complexity index is 2080. The van der Waals surface area contributed by atoms with Crippen LogP contribution in [0.25, 0.3) is 22.1 Å². The molecule has 2 aromatic carbocycles. The topological polar surface area (TPSA) is 125 Å². The number of para-hydroxylation sites is 1. The molecule has 11 nitrogen and oxygen atoms in total. The number of hydrogen-bond donors (Lipinski definition) is 1. The Labute approximate surface area is 234 Å². The van der Waals surface area contributed by atoms with Gasteiger partial charge in [0, 0.05) is 12.6 Å². The molecule has 1 N–H and O–H groups in total. The summed E-state index contributed by atoms with van der Waals surface area (Å²) in [6.07, 6.45) is 4.60. The summed E-state index contributed by atoms with van der Waals surface area (Å²) >= 11 is 0. The van der Waals surface area contributed by atoms with E-state index in [-0.39, 0.29) is 11.5 Å². The molecule has 0 unspecified atom stereocenters. The van der Waals surface area contributed by atoms with Crippen LogP contribution in [-0.4, -0.2) is 45.1 Å². The molecule has 1 amide bonds. The average Bonchev–Trinajstić information content (AvgIpc) is 3.49. The monoisotopic (exact) mass is 543 g/mol. The van der Waals surface area contributed by atoms with Crippen molar-refractivity contribution in [3.05, 3.63) is 112 Å². The third-order valence-corrected chi connectivity index (χ3v) is 6.97. The number of aromatic nitrogens is 8. The Kier molecular flexibility index (Phi) is 6.35. The zero-order valence-corrected chi connectivity index (χ0v) is 22.8. The minimum absolute atomic E-state index is 0.286. The van der Waals surface area contributed by atoms with Crippen LogP contribution in [0.5, 0.6) is 0 Å². The summed E-state index contributed by atoms with van der Waals surface area (Å²) < 4.78 is 4.64. The lowest BCUT2D eigenvalue weighted by Crippen LogP contribution is -2.33. The van der Waals surface area contributed by atoms with Crippen molar-refractivity contribution in [3.63, 3.8) is 0 Å². The van der Waals surface area contributed by atoms with Crippen molar-refractivity contribution in [1.82, 2.24) is 44.5 Å². The fraction of sp³-hybridized carbons (Fsp3) is 0.167. The number of nitrogens with zero attached hydrogens (tertiary/aromatic N) is 8. The van der Waals surface area contributed by atoms with E-state index in [0.717, 1.165) is 11.3 Å². The molecule has 4 heterocycles. The summed E-state index contributed by atoms with van der Waals surface area (Å²) in [5.74, 6) is 6.30. The van der Waals surface area contributed by atoms with Gasteiger partial charge in [-0.05, 0) is 45.0 Å². The third-order valence-electron chi connectivity index (χ3n) is 6.97. The summed E-state index contributed by atoms with van der Waals surface area (Å²) in [5.41, 5.74) is 4.42. The van der Waals surface area contributed by atoms with Crippen LogP contribution in [0.2, 0.25) is 0 Å². The maximum Gasteiger partial charge on any atom is 0.267 e. The van der Waals surface area contributed by atoms with Crippen molar-refractivity contribution in [2.45, 2.75) is 26.8 Å². The molecule has 0 aliphatic heterocycles. The summed E-state index contributed by atoms with van der Waals surface area (Å²) in [5, 5.41) is 16.0. The molecule has 11 heteroatoms. The first kappa shape index (κ1) is 25.6. The lowest BCUT2D eigenvalue weighted by molar-refractivity contribution is 0.0939. The molecule has 0 aliphatic carbocycles. The molecule has 0 radical (unpaired) electrons. The van der Waals surface area contributed by atoms with E-state index in [2.05, 4.69) is 37.4 Å². The summed E-state index contributed by atoms with van der Waals surface area (Å²) in [7, 11) is 1.85. The van der Waals surface area contributed by atoms with Crippen molar-refractivity contribution >= 4 is 22.3 Å². The van der Waals surface area contributed by atoms with Gasteiger partial charge < -0.3 is 5.32 Å². The fourth-order valence-corrected chi connectivity index (χ4v) is 4.76. The van der Waals surface area contributed by atoms with Gasteiger partial charge in [0.25, 0.3) is 11.5 Å². The Morgan fingerprint density at radius 2 is 1.76 bits per heavy atom. The second-order valence-electron chi connectivity index (χ2n) is 9.60. The van der Waals surface area contributed by atoms with Crippen LogP contribution in [0.3, 0.4) is 0 Å². The Morgan fingerprint density at radius 1 is 0.976 bits per heavy atom. The number of fused-ring (bicyclic) bond motifs is 2. The standard InChI is InChI=1S/C30H25N9O2/c1-18-26(25-16-31-17-33-39(25)36-18)29(40)34-19(2)28-35-24-12-8-9-21(13-14-22-15-32-37(4)20(22)3)27(24)30(41)38(28)23-10-6-5-7-11-23/h5-12,15-17,19H,1-4H3,(H,34,40)/t19-/m0/s1. The molecule has 4 aromatic heterocycles. The SMILES string of the molecule is Cc1nn2ncncc2c1C(=O)N[C@@H](C)c1nc2cccc(C#Cc3cnn(C)c3C)c2c(=O)n1-c1ccccc1. The normalized spacial score (nSPS) is 11.8. The van der Waals surface area contributed by atoms with Crippen molar-refractivity contribution in [3.8, 4) is 17.5 Å².